The highest BCUT2D eigenvalue weighted by molar-refractivity contribution is 5.69. The summed E-state index contributed by atoms with van der Waals surface area (Å²) in [7, 11) is 2.08. The van der Waals surface area contributed by atoms with Crippen LogP contribution in [0.1, 0.15) is 47.0 Å². The summed E-state index contributed by atoms with van der Waals surface area (Å²) in [5, 5.41) is 0. The first kappa shape index (κ1) is 14.4. The minimum atomic E-state index is -0.355. The Balaban J connectivity index is 3.55. The van der Waals surface area contributed by atoms with Gasteiger partial charge in [-0.05, 0) is 53.8 Å². The van der Waals surface area contributed by atoms with E-state index < -0.39 is 0 Å². The van der Waals surface area contributed by atoms with E-state index in [9.17, 15) is 4.79 Å². The van der Waals surface area contributed by atoms with E-state index in [1.807, 2.05) is 20.8 Å². The Labute approximate surface area is 93.8 Å². The zero-order valence-corrected chi connectivity index (χ0v) is 10.8. The maximum atomic E-state index is 11.4. The van der Waals surface area contributed by atoms with E-state index in [-0.39, 0.29) is 11.6 Å². The van der Waals surface area contributed by atoms with Crippen molar-refractivity contribution in [3.05, 3.63) is 0 Å². The molecule has 0 aromatic heterocycles. The number of esters is 1. The second-order valence-electron chi connectivity index (χ2n) is 4.99. The summed E-state index contributed by atoms with van der Waals surface area (Å²) >= 11 is 0. The molecule has 0 rings (SSSR count). The van der Waals surface area contributed by atoms with Gasteiger partial charge in [-0.1, -0.05) is 6.92 Å². The molecule has 0 unspecified atom stereocenters. The summed E-state index contributed by atoms with van der Waals surface area (Å²) in [6.45, 7) is 9.90. The lowest BCUT2D eigenvalue weighted by molar-refractivity contribution is -0.154. The Morgan fingerprint density at radius 3 is 2.33 bits per heavy atom. The molecule has 0 aliphatic heterocycles. The van der Waals surface area contributed by atoms with E-state index in [1.54, 1.807) is 0 Å². The van der Waals surface area contributed by atoms with Crippen LogP contribution in [0.25, 0.3) is 0 Å². The minimum absolute atomic E-state index is 0.0904. The summed E-state index contributed by atoms with van der Waals surface area (Å²) in [6.07, 6.45) is 2.56. The number of nitrogens with zero attached hydrogens (tertiary/aromatic N) is 1. The second-order valence-corrected chi connectivity index (χ2v) is 4.99. The quantitative estimate of drug-likeness (QED) is 0.637. The van der Waals surface area contributed by atoms with E-state index in [4.69, 9.17) is 4.74 Å². The summed E-state index contributed by atoms with van der Waals surface area (Å²) in [5.74, 6) is -0.0904. The first-order valence-corrected chi connectivity index (χ1v) is 5.75. The fourth-order valence-corrected chi connectivity index (χ4v) is 1.38. The first-order valence-electron chi connectivity index (χ1n) is 5.75. The summed E-state index contributed by atoms with van der Waals surface area (Å²) in [4.78, 5) is 13.6. The van der Waals surface area contributed by atoms with Crippen molar-refractivity contribution in [3.63, 3.8) is 0 Å². The molecule has 0 N–H and O–H groups in total. The maximum absolute atomic E-state index is 11.4. The van der Waals surface area contributed by atoms with Gasteiger partial charge in [0.05, 0.1) is 0 Å². The van der Waals surface area contributed by atoms with Crippen LogP contribution in [0.15, 0.2) is 0 Å². The molecule has 0 aliphatic carbocycles. The van der Waals surface area contributed by atoms with E-state index >= 15 is 0 Å². The van der Waals surface area contributed by atoms with Crippen LogP contribution in [0.3, 0.4) is 0 Å². The lowest BCUT2D eigenvalue weighted by atomic mass is 10.2. The van der Waals surface area contributed by atoms with Gasteiger partial charge in [0, 0.05) is 6.42 Å². The van der Waals surface area contributed by atoms with Crippen molar-refractivity contribution >= 4 is 5.97 Å². The molecule has 0 saturated carbocycles. The van der Waals surface area contributed by atoms with Gasteiger partial charge in [-0.2, -0.15) is 0 Å². The zero-order chi connectivity index (χ0) is 11.9. The number of hydrogen-bond donors (Lipinski definition) is 0. The molecular formula is C12H25NO2. The van der Waals surface area contributed by atoms with Crippen molar-refractivity contribution < 1.29 is 9.53 Å². The Kier molecular flexibility index (Phi) is 6.57. The third-order valence-corrected chi connectivity index (χ3v) is 1.95. The first-order chi connectivity index (χ1) is 6.85. The van der Waals surface area contributed by atoms with Crippen molar-refractivity contribution in [1.29, 1.82) is 0 Å². The van der Waals surface area contributed by atoms with Crippen LogP contribution in [-0.2, 0) is 9.53 Å². The average molecular weight is 215 g/mol. The van der Waals surface area contributed by atoms with Gasteiger partial charge in [0.15, 0.2) is 0 Å². The molecule has 0 bridgehead atoms. The van der Waals surface area contributed by atoms with Crippen LogP contribution in [0.2, 0.25) is 0 Å². The second kappa shape index (κ2) is 6.83. The number of hydrogen-bond acceptors (Lipinski definition) is 3. The van der Waals surface area contributed by atoms with Crippen LogP contribution >= 0.6 is 0 Å². The molecule has 0 aromatic carbocycles. The van der Waals surface area contributed by atoms with Gasteiger partial charge >= 0.3 is 5.97 Å². The normalized spacial score (nSPS) is 11.9. The van der Waals surface area contributed by atoms with Gasteiger partial charge in [-0.15, -0.1) is 0 Å². The van der Waals surface area contributed by atoms with Crippen LogP contribution in [0.4, 0.5) is 0 Å². The smallest absolute Gasteiger partial charge is 0.306 e. The highest BCUT2D eigenvalue weighted by Gasteiger charge is 2.15. The number of ether oxygens (including phenoxy) is 1. The molecule has 0 amide bonds. The van der Waals surface area contributed by atoms with Gasteiger partial charge in [0.2, 0.25) is 0 Å². The molecule has 0 spiro atoms. The molecule has 3 heteroatoms. The average Bonchev–Trinajstić information content (AvgIpc) is 2.00. The van der Waals surface area contributed by atoms with E-state index in [2.05, 4.69) is 18.9 Å². The van der Waals surface area contributed by atoms with Gasteiger partial charge < -0.3 is 9.64 Å². The molecule has 3 nitrogen and oxygen atoms in total. The number of carbonyl (C=O) groups excluding carboxylic acids is 1. The van der Waals surface area contributed by atoms with E-state index in [0.29, 0.717) is 6.42 Å². The Bertz CT molecular complexity index is 185. The summed E-state index contributed by atoms with van der Waals surface area (Å²) in [6, 6.07) is 0. The molecular weight excluding hydrogens is 190 g/mol. The van der Waals surface area contributed by atoms with Crippen LogP contribution in [-0.4, -0.2) is 36.6 Å². The highest BCUT2D eigenvalue weighted by Crippen LogP contribution is 2.09. The van der Waals surface area contributed by atoms with Gasteiger partial charge in [0.25, 0.3) is 0 Å². The fraction of sp³-hybridized carbons (Fsp3) is 0.917. The Hall–Kier alpha value is -0.570. The molecule has 0 radical (unpaired) electrons. The topological polar surface area (TPSA) is 29.5 Å². The van der Waals surface area contributed by atoms with Crippen molar-refractivity contribution in [2.75, 3.05) is 20.1 Å². The monoisotopic (exact) mass is 215 g/mol. The van der Waals surface area contributed by atoms with E-state index in [1.165, 1.54) is 0 Å². The van der Waals surface area contributed by atoms with Crippen molar-refractivity contribution in [2.24, 2.45) is 0 Å². The van der Waals surface area contributed by atoms with Crippen molar-refractivity contribution in [1.82, 2.24) is 4.90 Å². The summed E-state index contributed by atoms with van der Waals surface area (Å²) in [5.41, 5.74) is -0.355. The summed E-state index contributed by atoms with van der Waals surface area (Å²) < 4.78 is 5.22. The predicted octanol–water partition coefficient (Wildman–Crippen LogP) is 2.45. The lowest BCUT2D eigenvalue weighted by Gasteiger charge is -2.20. The molecule has 0 saturated heterocycles. The molecule has 0 aliphatic rings. The Morgan fingerprint density at radius 2 is 1.87 bits per heavy atom. The van der Waals surface area contributed by atoms with Crippen LogP contribution < -0.4 is 0 Å². The third kappa shape index (κ3) is 9.73. The fourth-order valence-electron chi connectivity index (χ4n) is 1.38. The van der Waals surface area contributed by atoms with Crippen LogP contribution in [0, 0.1) is 0 Å². The van der Waals surface area contributed by atoms with Crippen molar-refractivity contribution in [2.45, 2.75) is 52.6 Å². The highest BCUT2D eigenvalue weighted by atomic mass is 16.6. The van der Waals surface area contributed by atoms with E-state index in [0.717, 1.165) is 25.9 Å². The maximum Gasteiger partial charge on any atom is 0.306 e. The van der Waals surface area contributed by atoms with Crippen molar-refractivity contribution in [3.8, 4) is 0 Å². The van der Waals surface area contributed by atoms with Gasteiger partial charge in [-0.3, -0.25) is 4.79 Å². The molecule has 15 heavy (non-hydrogen) atoms. The molecule has 0 aromatic rings. The minimum Gasteiger partial charge on any atom is -0.460 e. The SMILES string of the molecule is CCCN(C)CCCC(=O)OC(C)(C)C. The molecule has 90 valence electrons. The van der Waals surface area contributed by atoms with Crippen LogP contribution in [0.5, 0.6) is 0 Å². The van der Waals surface area contributed by atoms with Gasteiger partial charge in [-0.25, -0.2) is 0 Å². The molecule has 0 heterocycles. The predicted molar refractivity (Wildman–Crippen MR) is 62.9 cm³/mol. The largest absolute Gasteiger partial charge is 0.460 e. The number of carbonyl (C=O) groups is 1. The molecule has 0 atom stereocenters. The standard InChI is InChI=1S/C12H25NO2/c1-6-9-13(5)10-7-8-11(14)15-12(2,3)4/h6-10H2,1-5H3. The Morgan fingerprint density at radius 1 is 1.27 bits per heavy atom. The number of rotatable bonds is 6. The third-order valence-electron chi connectivity index (χ3n) is 1.95. The lowest BCUT2D eigenvalue weighted by Crippen LogP contribution is -2.25. The molecule has 0 fully saturated rings. The zero-order valence-electron chi connectivity index (χ0n) is 10.8. The van der Waals surface area contributed by atoms with Gasteiger partial charge in [0.1, 0.15) is 5.60 Å².